The van der Waals surface area contributed by atoms with E-state index in [1.54, 1.807) is 0 Å². The summed E-state index contributed by atoms with van der Waals surface area (Å²) < 4.78 is 0. The minimum atomic E-state index is -0.609. The second-order valence-electron chi connectivity index (χ2n) is 5.28. The van der Waals surface area contributed by atoms with Gasteiger partial charge in [-0.05, 0) is 6.42 Å². The number of amidine groups is 1. The summed E-state index contributed by atoms with van der Waals surface area (Å²) in [5.74, 6) is 0.801. The van der Waals surface area contributed by atoms with Gasteiger partial charge in [0.25, 0.3) is 0 Å². The Balaban J connectivity index is 1.97. The van der Waals surface area contributed by atoms with Gasteiger partial charge in [0, 0.05) is 17.5 Å². The molecule has 1 aliphatic heterocycles. The van der Waals surface area contributed by atoms with Crippen LogP contribution in [0.2, 0.25) is 0 Å². The summed E-state index contributed by atoms with van der Waals surface area (Å²) in [5, 5.41) is 0. The molecule has 1 aliphatic rings. The van der Waals surface area contributed by atoms with E-state index in [0.717, 1.165) is 36.2 Å². The zero-order valence-corrected chi connectivity index (χ0v) is 12.3. The highest BCUT2D eigenvalue weighted by Gasteiger charge is 2.38. The fraction of sp³-hybridized carbons (Fsp3) is 0.278. The van der Waals surface area contributed by atoms with Crippen molar-refractivity contribution >= 4 is 5.84 Å². The smallest absolute Gasteiger partial charge is 0.212 e. The van der Waals surface area contributed by atoms with Crippen molar-refractivity contribution in [1.29, 1.82) is 0 Å². The molecule has 0 radical (unpaired) electrons. The molecule has 0 aromatic heterocycles. The summed E-state index contributed by atoms with van der Waals surface area (Å²) in [6, 6.07) is 20.3. The minimum absolute atomic E-state index is 0.609. The van der Waals surface area contributed by atoms with Crippen LogP contribution >= 0.6 is 0 Å². The van der Waals surface area contributed by atoms with E-state index in [4.69, 9.17) is 9.83 Å². The normalized spacial score (nSPS) is 20.9. The molecule has 1 N–H and O–H groups in total. The van der Waals surface area contributed by atoms with Gasteiger partial charge in [0.15, 0.2) is 5.84 Å². The van der Waals surface area contributed by atoms with E-state index in [2.05, 4.69) is 24.5 Å². The Bertz CT molecular complexity index is 610. The van der Waals surface area contributed by atoms with Crippen LogP contribution < -0.4 is 5.48 Å². The van der Waals surface area contributed by atoms with Gasteiger partial charge in [-0.15, -0.1) is 0 Å². The Hall–Kier alpha value is -2.13. The maximum Gasteiger partial charge on any atom is 0.212 e. The first kappa shape index (κ1) is 13.8. The van der Waals surface area contributed by atoms with Crippen LogP contribution in [0.4, 0.5) is 0 Å². The van der Waals surface area contributed by atoms with E-state index in [1.807, 2.05) is 48.5 Å². The number of unbranched alkanes of at least 4 members (excludes halogenated alkanes) is 1. The number of nitrogens with zero attached hydrogens (tertiary/aromatic N) is 1. The van der Waals surface area contributed by atoms with Crippen LogP contribution in [-0.2, 0) is 10.6 Å². The number of hydrogen-bond acceptors (Lipinski definition) is 3. The Labute approximate surface area is 125 Å². The molecule has 2 aromatic rings. The van der Waals surface area contributed by atoms with E-state index in [-0.39, 0.29) is 0 Å². The summed E-state index contributed by atoms with van der Waals surface area (Å²) in [4.78, 5) is 10.8. The molecule has 1 atom stereocenters. The van der Waals surface area contributed by atoms with Crippen LogP contribution in [0.25, 0.3) is 0 Å². The van der Waals surface area contributed by atoms with Crippen molar-refractivity contribution in [3.8, 4) is 0 Å². The van der Waals surface area contributed by atoms with E-state index in [0.29, 0.717) is 0 Å². The highest BCUT2D eigenvalue weighted by Crippen LogP contribution is 2.35. The molecule has 0 spiro atoms. The molecule has 0 fully saturated rings. The molecule has 0 aliphatic carbocycles. The molecule has 108 valence electrons. The number of rotatable bonds is 5. The van der Waals surface area contributed by atoms with Crippen LogP contribution in [0.3, 0.4) is 0 Å². The molecule has 2 aromatic carbocycles. The van der Waals surface area contributed by atoms with Crippen LogP contribution in [0.15, 0.2) is 65.7 Å². The number of nitrogens with one attached hydrogen (secondary N) is 1. The van der Waals surface area contributed by atoms with Gasteiger partial charge in [-0.1, -0.05) is 74.0 Å². The molecule has 0 saturated carbocycles. The van der Waals surface area contributed by atoms with Gasteiger partial charge in [0.2, 0.25) is 5.72 Å². The molecule has 21 heavy (non-hydrogen) atoms. The van der Waals surface area contributed by atoms with Gasteiger partial charge in [0.1, 0.15) is 0 Å². The first-order chi connectivity index (χ1) is 10.3. The molecule has 3 heteroatoms. The topological polar surface area (TPSA) is 33.6 Å². The van der Waals surface area contributed by atoms with Crippen molar-refractivity contribution in [1.82, 2.24) is 5.48 Å². The van der Waals surface area contributed by atoms with Gasteiger partial charge in [-0.3, -0.25) is 0 Å². The summed E-state index contributed by atoms with van der Waals surface area (Å²) in [7, 11) is 0. The van der Waals surface area contributed by atoms with Gasteiger partial charge in [-0.2, -0.15) is 0 Å². The molecule has 0 saturated heterocycles. The maximum absolute atomic E-state index is 5.94. The van der Waals surface area contributed by atoms with Crippen molar-refractivity contribution in [2.24, 2.45) is 4.99 Å². The zero-order chi connectivity index (χ0) is 14.5. The van der Waals surface area contributed by atoms with Gasteiger partial charge in [-0.25, -0.2) is 15.3 Å². The largest absolute Gasteiger partial charge is 0.246 e. The second kappa shape index (κ2) is 6.10. The minimum Gasteiger partial charge on any atom is -0.246 e. The molecule has 1 heterocycles. The summed E-state index contributed by atoms with van der Waals surface area (Å²) in [6.45, 7) is 2.18. The average Bonchev–Trinajstić information content (AvgIpc) is 3.00. The van der Waals surface area contributed by atoms with Crippen molar-refractivity contribution in [3.63, 3.8) is 0 Å². The lowest BCUT2D eigenvalue weighted by Gasteiger charge is -2.24. The molecular weight excluding hydrogens is 260 g/mol. The quantitative estimate of drug-likeness (QED) is 0.897. The fourth-order valence-electron chi connectivity index (χ4n) is 2.57. The van der Waals surface area contributed by atoms with Gasteiger partial charge >= 0.3 is 0 Å². The summed E-state index contributed by atoms with van der Waals surface area (Å²) >= 11 is 0. The molecule has 0 bridgehead atoms. The number of aliphatic imine (C=N–C) groups is 1. The SMILES string of the molecule is CCCCC1(c2ccccc2)N=C(c2ccccc2)NO1. The fourth-order valence-corrected chi connectivity index (χ4v) is 2.57. The van der Waals surface area contributed by atoms with Crippen LogP contribution in [0.1, 0.15) is 37.3 Å². The Morgan fingerprint density at radius 2 is 1.67 bits per heavy atom. The lowest BCUT2D eigenvalue weighted by Crippen LogP contribution is -2.27. The van der Waals surface area contributed by atoms with Crippen LogP contribution in [0, 0.1) is 0 Å². The number of hydrogen-bond donors (Lipinski definition) is 1. The average molecular weight is 280 g/mol. The first-order valence-electron chi connectivity index (χ1n) is 7.49. The lowest BCUT2D eigenvalue weighted by atomic mass is 9.97. The molecule has 3 nitrogen and oxygen atoms in total. The monoisotopic (exact) mass is 280 g/mol. The maximum atomic E-state index is 5.94. The van der Waals surface area contributed by atoms with E-state index >= 15 is 0 Å². The first-order valence-corrected chi connectivity index (χ1v) is 7.49. The lowest BCUT2D eigenvalue weighted by molar-refractivity contribution is -0.0662. The summed E-state index contributed by atoms with van der Waals surface area (Å²) in [5.41, 5.74) is 4.55. The van der Waals surface area contributed by atoms with E-state index < -0.39 is 5.72 Å². The molecule has 0 amide bonds. The number of benzene rings is 2. The highest BCUT2D eigenvalue weighted by atomic mass is 16.7. The van der Waals surface area contributed by atoms with E-state index in [9.17, 15) is 0 Å². The van der Waals surface area contributed by atoms with Crippen LogP contribution in [-0.4, -0.2) is 5.84 Å². The van der Waals surface area contributed by atoms with Crippen molar-refractivity contribution in [3.05, 3.63) is 71.8 Å². The Morgan fingerprint density at radius 1 is 1.00 bits per heavy atom. The predicted octanol–water partition coefficient (Wildman–Crippen LogP) is 4.01. The molecular formula is C18H20N2O. The zero-order valence-electron chi connectivity index (χ0n) is 12.3. The van der Waals surface area contributed by atoms with Gasteiger partial charge in [0.05, 0.1) is 0 Å². The van der Waals surface area contributed by atoms with E-state index in [1.165, 1.54) is 0 Å². The Kier molecular flexibility index (Phi) is 4.02. The van der Waals surface area contributed by atoms with Crippen molar-refractivity contribution in [2.75, 3.05) is 0 Å². The van der Waals surface area contributed by atoms with Crippen LogP contribution in [0.5, 0.6) is 0 Å². The van der Waals surface area contributed by atoms with Crippen molar-refractivity contribution in [2.45, 2.75) is 31.9 Å². The Morgan fingerprint density at radius 3 is 2.33 bits per heavy atom. The predicted molar refractivity (Wildman–Crippen MR) is 84.8 cm³/mol. The molecule has 1 unspecified atom stereocenters. The highest BCUT2D eigenvalue weighted by molar-refractivity contribution is 5.99. The molecule has 3 rings (SSSR count). The third-order valence-corrected chi connectivity index (χ3v) is 3.75. The van der Waals surface area contributed by atoms with Gasteiger partial charge < -0.3 is 0 Å². The third-order valence-electron chi connectivity index (χ3n) is 3.75. The van der Waals surface area contributed by atoms with Crippen molar-refractivity contribution < 1.29 is 4.84 Å². The third kappa shape index (κ3) is 2.83. The standard InChI is InChI=1S/C18H20N2O/c1-2-3-14-18(16-12-8-5-9-13-16)19-17(20-21-18)15-10-6-4-7-11-15/h4-13H,2-3,14H2,1H3,(H,19,20). The summed E-state index contributed by atoms with van der Waals surface area (Å²) in [6.07, 6.45) is 3.06. The number of hydroxylamine groups is 1. The second-order valence-corrected chi connectivity index (χ2v) is 5.28.